The van der Waals surface area contributed by atoms with Crippen LogP contribution in [0.15, 0.2) is 0 Å². The molecule has 0 aromatic carbocycles. The molecule has 0 radical (unpaired) electrons. The fourth-order valence-corrected chi connectivity index (χ4v) is 3.34. The summed E-state index contributed by atoms with van der Waals surface area (Å²) in [6.45, 7) is 0.232. The van der Waals surface area contributed by atoms with E-state index in [9.17, 15) is 22.8 Å². The molecule has 2 atom stereocenters. The monoisotopic (exact) mass is 321 g/mol. The second kappa shape index (κ2) is 6.85. The summed E-state index contributed by atoms with van der Waals surface area (Å²) in [6.07, 6.45) is 1.55. The number of primary amides is 1. The molecule has 1 fully saturated rings. The molecular weight excluding hydrogens is 302 g/mol. The van der Waals surface area contributed by atoms with Crippen molar-refractivity contribution in [3.8, 4) is 0 Å². The number of amides is 2. The van der Waals surface area contributed by atoms with Gasteiger partial charge in [0.05, 0.1) is 6.26 Å². The van der Waals surface area contributed by atoms with Crippen LogP contribution in [0.3, 0.4) is 0 Å². The van der Waals surface area contributed by atoms with Gasteiger partial charge in [0.1, 0.15) is 12.1 Å². The molecule has 10 heteroatoms. The van der Waals surface area contributed by atoms with Crippen molar-refractivity contribution in [3.05, 3.63) is 0 Å². The fraction of sp³-hybridized carbons (Fsp3) is 0.727. The second-order valence-corrected chi connectivity index (χ2v) is 6.87. The summed E-state index contributed by atoms with van der Waals surface area (Å²) in [6, 6.07) is -2.18. The number of hydrogen-bond acceptors (Lipinski definition) is 5. The zero-order valence-electron chi connectivity index (χ0n) is 11.6. The second-order valence-electron chi connectivity index (χ2n) is 4.94. The molecule has 1 aliphatic heterocycles. The molecule has 4 N–H and O–H groups in total. The molecule has 120 valence electrons. The van der Waals surface area contributed by atoms with Crippen LogP contribution >= 0.6 is 0 Å². The summed E-state index contributed by atoms with van der Waals surface area (Å²) in [7, 11) is -3.53. The zero-order chi connectivity index (χ0) is 16.2. The molecule has 1 rings (SSSR count). The van der Waals surface area contributed by atoms with E-state index < -0.39 is 39.9 Å². The van der Waals surface area contributed by atoms with Crippen molar-refractivity contribution in [2.24, 2.45) is 5.73 Å². The summed E-state index contributed by atoms with van der Waals surface area (Å²) in [4.78, 5) is 33.8. The Labute approximate surface area is 122 Å². The van der Waals surface area contributed by atoms with Crippen molar-refractivity contribution in [1.29, 1.82) is 0 Å². The third-order valence-corrected chi connectivity index (χ3v) is 4.52. The Balaban J connectivity index is 2.73. The van der Waals surface area contributed by atoms with E-state index in [0.29, 0.717) is 12.8 Å². The van der Waals surface area contributed by atoms with Gasteiger partial charge in [-0.2, -0.15) is 4.31 Å². The van der Waals surface area contributed by atoms with Gasteiger partial charge >= 0.3 is 5.97 Å². The van der Waals surface area contributed by atoms with E-state index in [4.69, 9.17) is 10.8 Å². The van der Waals surface area contributed by atoms with Gasteiger partial charge in [0.25, 0.3) is 0 Å². The first kappa shape index (κ1) is 17.4. The summed E-state index contributed by atoms with van der Waals surface area (Å²) < 4.78 is 24.2. The highest BCUT2D eigenvalue weighted by atomic mass is 32.2. The van der Waals surface area contributed by atoms with Crippen molar-refractivity contribution in [2.75, 3.05) is 12.8 Å². The van der Waals surface area contributed by atoms with Gasteiger partial charge in [0, 0.05) is 13.0 Å². The Bertz CT molecular complexity index is 532. The lowest BCUT2D eigenvalue weighted by atomic mass is 10.1. The topological polar surface area (TPSA) is 147 Å². The Morgan fingerprint density at radius 3 is 2.52 bits per heavy atom. The van der Waals surface area contributed by atoms with Crippen LogP contribution in [0.5, 0.6) is 0 Å². The minimum absolute atomic E-state index is 0.137. The maximum atomic E-state index is 12.1. The average molecular weight is 321 g/mol. The molecule has 21 heavy (non-hydrogen) atoms. The van der Waals surface area contributed by atoms with E-state index >= 15 is 0 Å². The van der Waals surface area contributed by atoms with E-state index in [1.165, 1.54) is 0 Å². The first-order chi connectivity index (χ1) is 9.62. The maximum absolute atomic E-state index is 12.1. The number of sulfonamides is 1. The summed E-state index contributed by atoms with van der Waals surface area (Å²) in [5.74, 6) is -2.64. The van der Waals surface area contributed by atoms with Crippen molar-refractivity contribution in [1.82, 2.24) is 9.62 Å². The number of aliphatic carboxylic acids is 1. The summed E-state index contributed by atoms with van der Waals surface area (Å²) in [5.41, 5.74) is 4.94. The van der Waals surface area contributed by atoms with Crippen LogP contribution in [0.1, 0.15) is 25.7 Å². The highest BCUT2D eigenvalue weighted by Crippen LogP contribution is 2.20. The summed E-state index contributed by atoms with van der Waals surface area (Å²) >= 11 is 0. The van der Waals surface area contributed by atoms with Crippen LogP contribution < -0.4 is 11.1 Å². The van der Waals surface area contributed by atoms with Crippen LogP contribution in [0, 0.1) is 0 Å². The van der Waals surface area contributed by atoms with Crippen molar-refractivity contribution in [2.45, 2.75) is 37.8 Å². The fourth-order valence-electron chi connectivity index (χ4n) is 2.21. The lowest BCUT2D eigenvalue weighted by molar-refractivity contribution is -0.142. The largest absolute Gasteiger partial charge is 0.480 e. The van der Waals surface area contributed by atoms with E-state index in [1.807, 2.05) is 0 Å². The van der Waals surface area contributed by atoms with Gasteiger partial charge in [-0.3, -0.25) is 9.59 Å². The molecule has 0 aromatic heterocycles. The van der Waals surface area contributed by atoms with Gasteiger partial charge < -0.3 is 16.2 Å². The maximum Gasteiger partial charge on any atom is 0.326 e. The first-order valence-electron chi connectivity index (χ1n) is 6.41. The van der Waals surface area contributed by atoms with Crippen LogP contribution in [-0.4, -0.2) is 60.5 Å². The number of carbonyl (C=O) groups excluding carboxylic acids is 2. The van der Waals surface area contributed by atoms with Gasteiger partial charge in [0.2, 0.25) is 21.8 Å². The molecule has 0 bridgehead atoms. The number of carboxylic acids is 1. The van der Waals surface area contributed by atoms with Gasteiger partial charge in [-0.15, -0.1) is 0 Å². The molecular formula is C11H19N3O6S. The van der Waals surface area contributed by atoms with Gasteiger partial charge in [-0.1, -0.05) is 0 Å². The standard InChI is InChI=1S/C11H19N3O6S/c1-21(19,20)14-6-2-3-8(14)10(16)13-7(11(17)18)4-5-9(12)15/h7-8H,2-6H2,1H3,(H2,12,15)(H,13,16)(H,17,18)/t7-,8?/m1/s1. The summed E-state index contributed by atoms with van der Waals surface area (Å²) in [5, 5.41) is 11.3. The number of carboxylic acid groups (broad SMARTS) is 1. The third kappa shape index (κ3) is 4.97. The molecule has 0 saturated carbocycles. The van der Waals surface area contributed by atoms with Crippen LogP contribution in [0.25, 0.3) is 0 Å². The smallest absolute Gasteiger partial charge is 0.326 e. The predicted molar refractivity (Wildman–Crippen MR) is 72.6 cm³/mol. The molecule has 0 aromatic rings. The van der Waals surface area contributed by atoms with E-state index in [2.05, 4.69) is 5.32 Å². The molecule has 0 aliphatic carbocycles. The number of nitrogens with two attached hydrogens (primary N) is 1. The van der Waals surface area contributed by atoms with Gasteiger partial charge in [-0.25, -0.2) is 13.2 Å². The Morgan fingerprint density at radius 1 is 1.43 bits per heavy atom. The molecule has 1 heterocycles. The molecule has 2 amide bonds. The zero-order valence-corrected chi connectivity index (χ0v) is 12.4. The SMILES string of the molecule is CS(=O)(=O)N1CCCC1C(=O)N[C@H](CCC(N)=O)C(=O)O. The average Bonchev–Trinajstić information content (AvgIpc) is 2.82. The van der Waals surface area contributed by atoms with Crippen LogP contribution in [0.4, 0.5) is 0 Å². The normalized spacial score (nSPS) is 20.9. The number of nitrogens with zero attached hydrogens (tertiary/aromatic N) is 1. The number of rotatable bonds is 7. The number of carbonyl (C=O) groups is 3. The molecule has 1 unspecified atom stereocenters. The highest BCUT2D eigenvalue weighted by Gasteiger charge is 2.37. The van der Waals surface area contributed by atoms with Crippen molar-refractivity contribution in [3.63, 3.8) is 0 Å². The van der Waals surface area contributed by atoms with E-state index in [-0.39, 0.29) is 19.4 Å². The third-order valence-electron chi connectivity index (χ3n) is 3.23. The minimum Gasteiger partial charge on any atom is -0.480 e. The Kier molecular flexibility index (Phi) is 5.67. The lowest BCUT2D eigenvalue weighted by Gasteiger charge is -2.23. The van der Waals surface area contributed by atoms with Crippen molar-refractivity contribution < 1.29 is 27.9 Å². The van der Waals surface area contributed by atoms with E-state index in [0.717, 1.165) is 10.6 Å². The number of hydrogen-bond donors (Lipinski definition) is 3. The molecule has 1 aliphatic rings. The predicted octanol–water partition coefficient (Wildman–Crippen LogP) is -1.75. The molecule has 0 spiro atoms. The first-order valence-corrected chi connectivity index (χ1v) is 8.26. The molecule has 9 nitrogen and oxygen atoms in total. The van der Waals surface area contributed by atoms with Crippen LogP contribution in [0.2, 0.25) is 0 Å². The van der Waals surface area contributed by atoms with Gasteiger partial charge in [-0.05, 0) is 19.3 Å². The van der Waals surface area contributed by atoms with Crippen molar-refractivity contribution >= 4 is 27.8 Å². The number of nitrogens with one attached hydrogen (secondary N) is 1. The quantitative estimate of drug-likeness (QED) is 0.506. The lowest BCUT2D eigenvalue weighted by Crippen LogP contribution is -2.50. The van der Waals surface area contributed by atoms with Gasteiger partial charge in [0.15, 0.2) is 0 Å². The highest BCUT2D eigenvalue weighted by molar-refractivity contribution is 7.88. The minimum atomic E-state index is -3.53. The van der Waals surface area contributed by atoms with Crippen LogP contribution in [-0.2, 0) is 24.4 Å². The Hall–Kier alpha value is -1.68. The molecule has 1 saturated heterocycles. The van der Waals surface area contributed by atoms with E-state index in [1.54, 1.807) is 0 Å². The Morgan fingerprint density at radius 2 is 2.05 bits per heavy atom.